The maximum absolute atomic E-state index is 5.78. The molecule has 3 aromatic rings. The van der Waals surface area contributed by atoms with Gasteiger partial charge in [-0.25, -0.2) is 0 Å². The lowest BCUT2D eigenvalue weighted by Gasteiger charge is -2.04. The highest BCUT2D eigenvalue weighted by atomic mass is 35.5. The second-order valence-corrected chi connectivity index (χ2v) is 6.56. The Balaban J connectivity index is 0.00000225. The number of hydrogen-bond donors (Lipinski definition) is 1. The molecule has 0 aliphatic heterocycles. The molecule has 0 amide bonds. The summed E-state index contributed by atoms with van der Waals surface area (Å²) in [6.45, 7) is 4.65. The molecule has 0 aliphatic rings. The Morgan fingerprint density at radius 1 is 1.28 bits per heavy atom. The van der Waals surface area contributed by atoms with Crippen LogP contribution in [0.1, 0.15) is 19.7 Å². The van der Waals surface area contributed by atoms with Gasteiger partial charge in [0.05, 0.1) is 6.61 Å². The van der Waals surface area contributed by atoms with Gasteiger partial charge in [-0.3, -0.25) is 0 Å². The van der Waals surface area contributed by atoms with Crippen LogP contribution < -0.4 is 10.1 Å². The van der Waals surface area contributed by atoms with Gasteiger partial charge in [0, 0.05) is 17.3 Å². The zero-order valence-electron chi connectivity index (χ0n) is 14.5. The summed E-state index contributed by atoms with van der Waals surface area (Å²) < 4.78 is 11.2. The van der Waals surface area contributed by atoms with Crippen LogP contribution in [-0.2, 0) is 6.42 Å². The molecule has 0 bridgehead atoms. The second kappa shape index (κ2) is 8.99. The molecule has 25 heavy (non-hydrogen) atoms. The van der Waals surface area contributed by atoms with Crippen molar-refractivity contribution in [1.29, 1.82) is 0 Å². The summed E-state index contributed by atoms with van der Waals surface area (Å²) in [5.74, 6) is 2.01. The van der Waals surface area contributed by atoms with Crippen molar-refractivity contribution in [2.75, 3.05) is 13.7 Å². The Morgan fingerprint density at radius 2 is 2.04 bits per heavy atom. The van der Waals surface area contributed by atoms with E-state index in [9.17, 15) is 0 Å². The number of ether oxygens (including phenoxy) is 1. The van der Waals surface area contributed by atoms with Crippen molar-refractivity contribution in [3.8, 4) is 27.0 Å². The molecule has 0 spiro atoms. The van der Waals surface area contributed by atoms with Crippen molar-refractivity contribution in [2.45, 2.75) is 26.3 Å². The SMILES string of the molecule is CCOc1cc(-c2ccccc2)sc1-c1nc(CC(C)NC)no1.Cl. The molecule has 0 saturated heterocycles. The summed E-state index contributed by atoms with van der Waals surface area (Å²) in [5.41, 5.74) is 1.15. The van der Waals surface area contributed by atoms with Crippen molar-refractivity contribution < 1.29 is 9.26 Å². The molecule has 0 saturated carbocycles. The molecule has 134 valence electrons. The number of halogens is 1. The fraction of sp³-hybridized carbons (Fsp3) is 0.333. The fourth-order valence-electron chi connectivity index (χ4n) is 2.34. The highest BCUT2D eigenvalue weighted by Crippen LogP contribution is 2.42. The Bertz CT molecular complexity index is 789. The van der Waals surface area contributed by atoms with Crippen molar-refractivity contribution >= 4 is 23.7 Å². The average molecular weight is 380 g/mol. The predicted molar refractivity (Wildman–Crippen MR) is 104 cm³/mol. The van der Waals surface area contributed by atoms with E-state index in [2.05, 4.69) is 34.5 Å². The van der Waals surface area contributed by atoms with Gasteiger partial charge in [0.2, 0.25) is 0 Å². The van der Waals surface area contributed by atoms with Crippen molar-refractivity contribution in [3.63, 3.8) is 0 Å². The van der Waals surface area contributed by atoms with Gasteiger partial charge in [-0.1, -0.05) is 35.5 Å². The Morgan fingerprint density at radius 3 is 2.72 bits per heavy atom. The summed E-state index contributed by atoms with van der Waals surface area (Å²) in [5, 5.41) is 7.26. The summed E-state index contributed by atoms with van der Waals surface area (Å²) in [4.78, 5) is 6.53. The molecule has 0 fully saturated rings. The summed E-state index contributed by atoms with van der Waals surface area (Å²) >= 11 is 1.61. The van der Waals surface area contributed by atoms with Gasteiger partial charge in [-0.15, -0.1) is 23.7 Å². The number of nitrogens with one attached hydrogen (secondary N) is 1. The van der Waals surface area contributed by atoms with Crippen molar-refractivity contribution in [1.82, 2.24) is 15.5 Å². The van der Waals surface area contributed by atoms with Gasteiger partial charge in [0.25, 0.3) is 5.89 Å². The van der Waals surface area contributed by atoms with Crippen LogP contribution in [0.3, 0.4) is 0 Å². The standard InChI is InChI=1S/C18H21N3O2S.ClH/c1-4-22-14-11-15(13-8-6-5-7-9-13)24-17(14)18-20-16(21-23-18)10-12(2)19-3;/h5-9,11-12,19H,4,10H2,1-3H3;1H. The molecule has 1 aromatic carbocycles. The highest BCUT2D eigenvalue weighted by Gasteiger charge is 2.19. The van der Waals surface area contributed by atoms with Crippen LogP contribution in [0, 0.1) is 0 Å². The van der Waals surface area contributed by atoms with Gasteiger partial charge in [0.15, 0.2) is 5.82 Å². The number of thiophene rings is 1. The number of rotatable bonds is 7. The van der Waals surface area contributed by atoms with Gasteiger partial charge < -0.3 is 14.6 Å². The zero-order chi connectivity index (χ0) is 16.9. The molecular formula is C18H22ClN3O2S. The number of nitrogens with zero attached hydrogens (tertiary/aromatic N) is 2. The Labute approximate surface area is 157 Å². The minimum Gasteiger partial charge on any atom is -0.492 e. The number of hydrogen-bond acceptors (Lipinski definition) is 6. The van der Waals surface area contributed by atoms with E-state index in [1.165, 1.54) is 0 Å². The monoisotopic (exact) mass is 379 g/mol. The molecule has 2 aromatic heterocycles. The Kier molecular flexibility index (Phi) is 6.99. The fourth-order valence-corrected chi connectivity index (χ4v) is 3.36. The molecule has 5 nitrogen and oxygen atoms in total. The van der Waals surface area contributed by atoms with E-state index >= 15 is 0 Å². The molecular weight excluding hydrogens is 358 g/mol. The van der Waals surface area contributed by atoms with Crippen molar-refractivity contribution in [3.05, 3.63) is 42.2 Å². The smallest absolute Gasteiger partial charge is 0.271 e. The van der Waals surface area contributed by atoms with Crippen LogP contribution in [0.5, 0.6) is 5.75 Å². The molecule has 1 unspecified atom stereocenters. The first kappa shape index (κ1) is 19.4. The lowest BCUT2D eigenvalue weighted by molar-refractivity contribution is 0.340. The first-order valence-electron chi connectivity index (χ1n) is 8.03. The molecule has 1 N–H and O–H groups in total. The van der Waals surface area contributed by atoms with Crippen LogP contribution in [0.25, 0.3) is 21.2 Å². The summed E-state index contributed by atoms with van der Waals surface area (Å²) in [7, 11) is 1.92. The maximum Gasteiger partial charge on any atom is 0.271 e. The van der Waals surface area contributed by atoms with Gasteiger partial charge in [-0.05, 0) is 32.5 Å². The third-order valence-electron chi connectivity index (χ3n) is 3.70. The lowest BCUT2D eigenvalue weighted by Crippen LogP contribution is -2.24. The molecule has 0 aliphatic carbocycles. The zero-order valence-corrected chi connectivity index (χ0v) is 16.1. The molecule has 0 radical (unpaired) electrons. The highest BCUT2D eigenvalue weighted by molar-refractivity contribution is 7.19. The van der Waals surface area contributed by atoms with E-state index in [4.69, 9.17) is 9.26 Å². The number of benzene rings is 1. The second-order valence-electron chi connectivity index (χ2n) is 5.51. The van der Waals surface area contributed by atoms with Crippen LogP contribution >= 0.6 is 23.7 Å². The molecule has 2 heterocycles. The number of likely N-dealkylation sites (N-methyl/N-ethyl adjacent to an activating group) is 1. The third kappa shape index (κ3) is 4.60. The normalized spacial score (nSPS) is 11.8. The summed E-state index contributed by atoms with van der Waals surface area (Å²) in [6.07, 6.45) is 0.723. The maximum atomic E-state index is 5.78. The van der Waals surface area contributed by atoms with Gasteiger partial charge in [-0.2, -0.15) is 4.98 Å². The van der Waals surface area contributed by atoms with Gasteiger partial charge >= 0.3 is 0 Å². The minimum atomic E-state index is 0. The quantitative estimate of drug-likeness (QED) is 0.657. The van der Waals surface area contributed by atoms with Crippen LogP contribution in [0.15, 0.2) is 40.9 Å². The van der Waals surface area contributed by atoms with E-state index in [0.717, 1.165) is 27.5 Å². The summed E-state index contributed by atoms with van der Waals surface area (Å²) in [6, 6.07) is 12.6. The lowest BCUT2D eigenvalue weighted by atomic mass is 10.2. The van der Waals surface area contributed by atoms with Crippen LogP contribution in [0.2, 0.25) is 0 Å². The minimum absolute atomic E-state index is 0. The first-order valence-corrected chi connectivity index (χ1v) is 8.85. The Hall–Kier alpha value is -1.89. The first-order chi connectivity index (χ1) is 11.7. The molecule has 3 rings (SSSR count). The van der Waals surface area contributed by atoms with Crippen molar-refractivity contribution in [2.24, 2.45) is 0 Å². The molecule has 1 atom stereocenters. The predicted octanol–water partition coefficient (Wildman–Crippen LogP) is 4.44. The molecule has 7 heteroatoms. The van der Waals surface area contributed by atoms with E-state index < -0.39 is 0 Å². The van der Waals surface area contributed by atoms with E-state index in [1.54, 1.807) is 11.3 Å². The van der Waals surface area contributed by atoms with Crippen LogP contribution in [0.4, 0.5) is 0 Å². The average Bonchev–Trinajstić information content (AvgIpc) is 3.23. The number of aromatic nitrogens is 2. The van der Waals surface area contributed by atoms with E-state index in [1.807, 2.05) is 38.2 Å². The van der Waals surface area contributed by atoms with E-state index in [-0.39, 0.29) is 12.4 Å². The largest absolute Gasteiger partial charge is 0.492 e. The van der Waals surface area contributed by atoms with E-state index in [0.29, 0.717) is 24.4 Å². The third-order valence-corrected chi connectivity index (χ3v) is 4.85. The van der Waals surface area contributed by atoms with Gasteiger partial charge in [0.1, 0.15) is 10.6 Å². The van der Waals surface area contributed by atoms with Crippen LogP contribution in [-0.4, -0.2) is 29.8 Å². The topological polar surface area (TPSA) is 60.2 Å².